The molecule has 0 amide bonds. The third kappa shape index (κ3) is 2.02. The summed E-state index contributed by atoms with van der Waals surface area (Å²) in [6.07, 6.45) is 1.75. The Hall–Kier alpha value is -1.13. The van der Waals surface area contributed by atoms with Crippen LogP contribution >= 0.6 is 0 Å². The monoisotopic (exact) mass is 194 g/mol. The first-order valence-electron chi connectivity index (χ1n) is 4.71. The van der Waals surface area contributed by atoms with Crippen LogP contribution in [0.4, 0.5) is 0 Å². The van der Waals surface area contributed by atoms with Crippen molar-refractivity contribution in [3.63, 3.8) is 0 Å². The van der Waals surface area contributed by atoms with Gasteiger partial charge in [-0.25, -0.2) is 4.98 Å². The van der Waals surface area contributed by atoms with Gasteiger partial charge in [0.1, 0.15) is 0 Å². The first-order chi connectivity index (χ1) is 6.90. The normalized spacial score (nSPS) is 21.9. The molecule has 1 aliphatic heterocycles. The minimum Gasteiger partial charge on any atom is -0.481 e. The van der Waals surface area contributed by atoms with E-state index < -0.39 is 0 Å². The van der Waals surface area contributed by atoms with Gasteiger partial charge in [0.25, 0.3) is 0 Å². The standard InChI is InChI=1S/C10H14N2O2/c1-13-10-6-8(2-3-12-10)9-7-14-5-4-11-9/h2-3,6,9,11H,4-5,7H2,1H3. The zero-order valence-electron chi connectivity index (χ0n) is 8.19. The maximum Gasteiger partial charge on any atom is 0.213 e. The van der Waals surface area contributed by atoms with E-state index in [4.69, 9.17) is 9.47 Å². The van der Waals surface area contributed by atoms with Gasteiger partial charge >= 0.3 is 0 Å². The first kappa shape index (κ1) is 9.43. The van der Waals surface area contributed by atoms with Crippen molar-refractivity contribution in [3.05, 3.63) is 23.9 Å². The molecule has 1 atom stereocenters. The van der Waals surface area contributed by atoms with Gasteiger partial charge in [0, 0.05) is 18.8 Å². The fraction of sp³-hybridized carbons (Fsp3) is 0.500. The van der Waals surface area contributed by atoms with Crippen LogP contribution in [0.25, 0.3) is 0 Å². The van der Waals surface area contributed by atoms with Crippen molar-refractivity contribution in [2.24, 2.45) is 0 Å². The molecule has 0 radical (unpaired) electrons. The Morgan fingerprint density at radius 2 is 2.57 bits per heavy atom. The van der Waals surface area contributed by atoms with E-state index >= 15 is 0 Å². The van der Waals surface area contributed by atoms with Gasteiger partial charge < -0.3 is 14.8 Å². The quantitative estimate of drug-likeness (QED) is 0.754. The Labute approximate surface area is 83.2 Å². The van der Waals surface area contributed by atoms with Crippen molar-refractivity contribution in [2.45, 2.75) is 6.04 Å². The van der Waals surface area contributed by atoms with E-state index in [2.05, 4.69) is 10.3 Å². The predicted octanol–water partition coefficient (Wildman–Crippen LogP) is 0.751. The number of pyridine rings is 1. The van der Waals surface area contributed by atoms with Gasteiger partial charge in [0.2, 0.25) is 5.88 Å². The van der Waals surface area contributed by atoms with Crippen LogP contribution in [0.3, 0.4) is 0 Å². The average Bonchev–Trinajstić information content (AvgIpc) is 2.30. The van der Waals surface area contributed by atoms with Crippen molar-refractivity contribution < 1.29 is 9.47 Å². The molecule has 0 aliphatic carbocycles. The third-order valence-corrected chi connectivity index (χ3v) is 2.29. The summed E-state index contributed by atoms with van der Waals surface area (Å²) in [6, 6.07) is 4.18. The number of aromatic nitrogens is 1. The molecule has 2 heterocycles. The van der Waals surface area contributed by atoms with E-state index in [1.54, 1.807) is 13.3 Å². The fourth-order valence-electron chi connectivity index (χ4n) is 1.53. The van der Waals surface area contributed by atoms with Crippen LogP contribution in [-0.4, -0.2) is 31.9 Å². The summed E-state index contributed by atoms with van der Waals surface area (Å²) < 4.78 is 10.5. The summed E-state index contributed by atoms with van der Waals surface area (Å²) in [5, 5.41) is 3.38. The van der Waals surface area contributed by atoms with Crippen LogP contribution in [0, 0.1) is 0 Å². The van der Waals surface area contributed by atoms with Crippen LogP contribution < -0.4 is 10.1 Å². The molecule has 1 aromatic rings. The Kier molecular flexibility index (Phi) is 2.96. The van der Waals surface area contributed by atoms with Crippen LogP contribution in [-0.2, 0) is 4.74 Å². The molecule has 1 N–H and O–H groups in total. The number of morpholine rings is 1. The third-order valence-electron chi connectivity index (χ3n) is 2.29. The smallest absolute Gasteiger partial charge is 0.213 e. The van der Waals surface area contributed by atoms with Crippen molar-refractivity contribution in [1.82, 2.24) is 10.3 Å². The van der Waals surface area contributed by atoms with Gasteiger partial charge in [-0.15, -0.1) is 0 Å². The molecule has 2 rings (SSSR count). The predicted molar refractivity (Wildman–Crippen MR) is 52.4 cm³/mol. The molecule has 4 nitrogen and oxygen atoms in total. The highest BCUT2D eigenvalue weighted by molar-refractivity contribution is 5.23. The molecule has 1 unspecified atom stereocenters. The topological polar surface area (TPSA) is 43.4 Å². The van der Waals surface area contributed by atoms with E-state index in [1.165, 1.54) is 0 Å². The lowest BCUT2D eigenvalue weighted by Crippen LogP contribution is -2.34. The summed E-state index contributed by atoms with van der Waals surface area (Å²) in [5.41, 5.74) is 1.16. The van der Waals surface area contributed by atoms with Crippen molar-refractivity contribution in [3.8, 4) is 5.88 Å². The summed E-state index contributed by atoms with van der Waals surface area (Å²) in [4.78, 5) is 4.06. The van der Waals surface area contributed by atoms with Crippen molar-refractivity contribution >= 4 is 0 Å². The van der Waals surface area contributed by atoms with Gasteiger partial charge in [-0.05, 0) is 11.6 Å². The van der Waals surface area contributed by atoms with Crippen LogP contribution in [0.15, 0.2) is 18.3 Å². The van der Waals surface area contributed by atoms with E-state index in [0.29, 0.717) is 12.5 Å². The van der Waals surface area contributed by atoms with Crippen LogP contribution in [0.2, 0.25) is 0 Å². The lowest BCUT2D eigenvalue weighted by molar-refractivity contribution is 0.0768. The largest absolute Gasteiger partial charge is 0.481 e. The summed E-state index contributed by atoms with van der Waals surface area (Å²) >= 11 is 0. The second-order valence-electron chi connectivity index (χ2n) is 3.21. The highest BCUT2D eigenvalue weighted by atomic mass is 16.5. The number of hydrogen-bond acceptors (Lipinski definition) is 4. The first-order valence-corrected chi connectivity index (χ1v) is 4.71. The number of nitrogens with one attached hydrogen (secondary N) is 1. The summed E-state index contributed by atoms with van der Waals surface area (Å²) in [6.45, 7) is 2.40. The van der Waals surface area contributed by atoms with Crippen molar-refractivity contribution in [2.75, 3.05) is 26.9 Å². The molecule has 0 spiro atoms. The second kappa shape index (κ2) is 4.39. The molecule has 1 fully saturated rings. The Balaban J connectivity index is 2.13. The summed E-state index contributed by atoms with van der Waals surface area (Å²) in [5.74, 6) is 0.648. The number of nitrogens with zero attached hydrogens (tertiary/aromatic N) is 1. The van der Waals surface area contributed by atoms with Gasteiger partial charge in [0.05, 0.1) is 26.4 Å². The molecule has 1 aromatic heterocycles. The maximum atomic E-state index is 5.39. The van der Waals surface area contributed by atoms with Crippen LogP contribution in [0.1, 0.15) is 11.6 Å². The molecule has 0 bridgehead atoms. The highest BCUT2D eigenvalue weighted by Gasteiger charge is 2.15. The Morgan fingerprint density at radius 3 is 3.29 bits per heavy atom. The Bertz CT molecular complexity index is 298. The van der Waals surface area contributed by atoms with Crippen molar-refractivity contribution in [1.29, 1.82) is 0 Å². The molecule has 1 aliphatic rings. The molecule has 0 aromatic carbocycles. The van der Waals surface area contributed by atoms with E-state index in [-0.39, 0.29) is 6.04 Å². The Morgan fingerprint density at radius 1 is 1.64 bits per heavy atom. The zero-order chi connectivity index (χ0) is 9.80. The number of methoxy groups -OCH3 is 1. The number of rotatable bonds is 2. The molecule has 0 saturated carbocycles. The lowest BCUT2D eigenvalue weighted by atomic mass is 10.1. The number of hydrogen-bond donors (Lipinski definition) is 1. The molecule has 76 valence electrons. The van der Waals surface area contributed by atoms with Gasteiger partial charge in [-0.2, -0.15) is 0 Å². The lowest BCUT2D eigenvalue weighted by Gasteiger charge is -2.24. The van der Waals surface area contributed by atoms with Gasteiger partial charge in [-0.3, -0.25) is 0 Å². The zero-order valence-corrected chi connectivity index (χ0v) is 8.19. The molecular weight excluding hydrogens is 180 g/mol. The highest BCUT2D eigenvalue weighted by Crippen LogP contribution is 2.18. The van der Waals surface area contributed by atoms with E-state index in [9.17, 15) is 0 Å². The summed E-state index contributed by atoms with van der Waals surface area (Å²) in [7, 11) is 1.62. The second-order valence-corrected chi connectivity index (χ2v) is 3.21. The maximum absolute atomic E-state index is 5.39. The SMILES string of the molecule is COc1cc(C2COCCN2)ccn1. The number of ether oxygens (including phenoxy) is 2. The molecule has 4 heteroatoms. The van der Waals surface area contributed by atoms with Gasteiger partial charge in [-0.1, -0.05) is 0 Å². The van der Waals surface area contributed by atoms with Gasteiger partial charge in [0.15, 0.2) is 0 Å². The molecular formula is C10H14N2O2. The van der Waals surface area contributed by atoms with E-state index in [0.717, 1.165) is 18.7 Å². The fourth-order valence-corrected chi connectivity index (χ4v) is 1.53. The van der Waals surface area contributed by atoms with Crippen LogP contribution in [0.5, 0.6) is 5.88 Å². The average molecular weight is 194 g/mol. The molecule has 1 saturated heterocycles. The molecule has 14 heavy (non-hydrogen) atoms. The van der Waals surface area contributed by atoms with E-state index in [1.807, 2.05) is 12.1 Å². The minimum atomic E-state index is 0.264. The minimum absolute atomic E-state index is 0.264.